The van der Waals surface area contributed by atoms with Gasteiger partial charge in [0.1, 0.15) is 0 Å². The molecule has 2 N–H and O–H groups in total. The number of amides is 3. The van der Waals surface area contributed by atoms with Crippen LogP contribution in [0.1, 0.15) is 26.7 Å². The fourth-order valence-electron chi connectivity index (χ4n) is 2.87. The summed E-state index contributed by atoms with van der Waals surface area (Å²) in [7, 11) is 0. The highest BCUT2D eigenvalue weighted by atomic mass is 32.1. The molecule has 8 heteroatoms. The van der Waals surface area contributed by atoms with Gasteiger partial charge in [-0.3, -0.25) is 10.1 Å². The van der Waals surface area contributed by atoms with Crippen molar-refractivity contribution >= 4 is 28.4 Å². The molecule has 1 aromatic carbocycles. The van der Waals surface area contributed by atoms with Crippen molar-refractivity contribution in [2.45, 2.75) is 19.5 Å². The maximum absolute atomic E-state index is 12.4. The van der Waals surface area contributed by atoms with Crippen LogP contribution in [0.2, 0.25) is 0 Å². The molecule has 27 heavy (non-hydrogen) atoms. The van der Waals surface area contributed by atoms with Gasteiger partial charge in [-0.15, -0.1) is 0 Å². The van der Waals surface area contributed by atoms with Crippen LogP contribution in [0.4, 0.5) is 9.93 Å². The second-order valence-corrected chi connectivity index (χ2v) is 7.22. The molecule has 0 spiro atoms. The smallest absolute Gasteiger partial charge is 0.318 e. The van der Waals surface area contributed by atoms with Gasteiger partial charge in [-0.1, -0.05) is 41.7 Å². The Morgan fingerprint density at radius 3 is 2.81 bits per heavy atom. The third-order valence-corrected chi connectivity index (χ3v) is 5.27. The maximum atomic E-state index is 12.4. The molecule has 1 aliphatic rings. The molecule has 4 rings (SSSR count). The lowest BCUT2D eigenvalue weighted by Crippen LogP contribution is -2.42. The predicted molar refractivity (Wildman–Crippen MR) is 102 cm³/mol. The van der Waals surface area contributed by atoms with Crippen LogP contribution in [0.15, 0.2) is 53.1 Å². The van der Waals surface area contributed by atoms with E-state index in [1.807, 2.05) is 30.3 Å². The standard InChI is InChI=1S/C19H18N4O3S/c24-17(15-7-4-10-26-15)22-18-21-14-8-9-23(12-16(14)27-18)19(25)20-11-13-5-2-1-3-6-13/h1-7,10H,8-9,11-12H2,(H,20,25)(H,21,22,24). The number of fused-ring (bicyclic) bond motifs is 1. The molecule has 3 heterocycles. The highest BCUT2D eigenvalue weighted by molar-refractivity contribution is 7.15. The molecule has 0 radical (unpaired) electrons. The molecule has 3 amide bonds. The largest absolute Gasteiger partial charge is 0.459 e. The fourth-order valence-corrected chi connectivity index (χ4v) is 3.89. The average molecular weight is 382 g/mol. The van der Waals surface area contributed by atoms with Gasteiger partial charge in [0, 0.05) is 24.4 Å². The third-order valence-electron chi connectivity index (χ3n) is 4.27. The molecule has 0 unspecified atom stereocenters. The summed E-state index contributed by atoms with van der Waals surface area (Å²) in [4.78, 5) is 31.7. The van der Waals surface area contributed by atoms with E-state index in [0.717, 1.165) is 16.1 Å². The number of hydrogen-bond donors (Lipinski definition) is 2. The van der Waals surface area contributed by atoms with Crippen molar-refractivity contribution in [2.75, 3.05) is 11.9 Å². The second-order valence-electron chi connectivity index (χ2n) is 6.14. The van der Waals surface area contributed by atoms with Gasteiger partial charge in [-0.2, -0.15) is 0 Å². The summed E-state index contributed by atoms with van der Waals surface area (Å²) in [5, 5.41) is 6.22. The van der Waals surface area contributed by atoms with Crippen LogP contribution < -0.4 is 10.6 Å². The first kappa shape index (κ1) is 17.3. The van der Waals surface area contributed by atoms with Gasteiger partial charge in [0.2, 0.25) is 0 Å². The van der Waals surface area contributed by atoms with E-state index in [0.29, 0.717) is 31.2 Å². The molecular weight excluding hydrogens is 364 g/mol. The summed E-state index contributed by atoms with van der Waals surface area (Å²) in [6.45, 7) is 1.59. The van der Waals surface area contributed by atoms with Crippen molar-refractivity contribution in [3.63, 3.8) is 0 Å². The van der Waals surface area contributed by atoms with Crippen LogP contribution in [0, 0.1) is 0 Å². The van der Waals surface area contributed by atoms with Gasteiger partial charge in [0.25, 0.3) is 5.91 Å². The highest BCUT2D eigenvalue weighted by Gasteiger charge is 2.24. The van der Waals surface area contributed by atoms with E-state index in [1.54, 1.807) is 17.0 Å². The summed E-state index contributed by atoms with van der Waals surface area (Å²) in [6, 6.07) is 13.0. The van der Waals surface area contributed by atoms with E-state index in [1.165, 1.54) is 17.6 Å². The number of anilines is 1. The summed E-state index contributed by atoms with van der Waals surface area (Å²) in [6.07, 6.45) is 2.12. The van der Waals surface area contributed by atoms with Crippen molar-refractivity contribution in [3.05, 3.63) is 70.6 Å². The average Bonchev–Trinajstić information content (AvgIpc) is 3.35. The van der Waals surface area contributed by atoms with Crippen molar-refractivity contribution in [1.82, 2.24) is 15.2 Å². The summed E-state index contributed by atoms with van der Waals surface area (Å²) < 4.78 is 5.09. The highest BCUT2D eigenvalue weighted by Crippen LogP contribution is 2.28. The van der Waals surface area contributed by atoms with Gasteiger partial charge in [-0.05, 0) is 17.7 Å². The van der Waals surface area contributed by atoms with Crippen molar-refractivity contribution in [2.24, 2.45) is 0 Å². The minimum atomic E-state index is -0.330. The predicted octanol–water partition coefficient (Wildman–Crippen LogP) is 3.26. The van der Waals surface area contributed by atoms with Gasteiger partial charge < -0.3 is 14.6 Å². The molecule has 0 aliphatic carbocycles. The molecule has 7 nitrogen and oxygen atoms in total. The van der Waals surface area contributed by atoms with Crippen LogP contribution in [-0.4, -0.2) is 28.4 Å². The number of benzene rings is 1. The molecule has 0 atom stereocenters. The van der Waals surface area contributed by atoms with Gasteiger partial charge in [0.05, 0.1) is 18.5 Å². The van der Waals surface area contributed by atoms with Gasteiger partial charge in [-0.25, -0.2) is 9.78 Å². The van der Waals surface area contributed by atoms with Crippen molar-refractivity contribution < 1.29 is 14.0 Å². The number of thiazole rings is 1. The van der Waals surface area contributed by atoms with Crippen LogP contribution in [0.25, 0.3) is 0 Å². The first-order chi connectivity index (χ1) is 13.2. The van der Waals surface area contributed by atoms with Crippen LogP contribution in [0.5, 0.6) is 0 Å². The zero-order chi connectivity index (χ0) is 18.6. The Bertz CT molecular complexity index is 937. The number of carbonyl (C=O) groups excluding carboxylic acids is 2. The summed E-state index contributed by atoms with van der Waals surface area (Å²) in [5.41, 5.74) is 1.99. The van der Waals surface area contributed by atoms with Crippen molar-refractivity contribution in [1.29, 1.82) is 0 Å². The Morgan fingerprint density at radius 1 is 1.19 bits per heavy atom. The molecule has 0 saturated heterocycles. The normalized spacial score (nSPS) is 13.1. The second kappa shape index (κ2) is 7.63. The number of hydrogen-bond acceptors (Lipinski definition) is 5. The monoisotopic (exact) mass is 382 g/mol. The minimum absolute atomic E-state index is 0.0981. The quantitative estimate of drug-likeness (QED) is 0.725. The number of nitrogens with zero attached hydrogens (tertiary/aromatic N) is 2. The molecule has 0 bridgehead atoms. The number of carbonyl (C=O) groups is 2. The van der Waals surface area contributed by atoms with Crippen LogP contribution in [-0.2, 0) is 19.5 Å². The number of furan rings is 1. The fraction of sp³-hybridized carbons (Fsp3) is 0.211. The molecule has 3 aromatic rings. The Morgan fingerprint density at radius 2 is 2.04 bits per heavy atom. The maximum Gasteiger partial charge on any atom is 0.318 e. The van der Waals surface area contributed by atoms with E-state index in [2.05, 4.69) is 15.6 Å². The number of rotatable bonds is 4. The Balaban J connectivity index is 1.36. The molecule has 138 valence electrons. The zero-order valence-electron chi connectivity index (χ0n) is 14.5. The number of urea groups is 1. The van der Waals surface area contributed by atoms with E-state index in [-0.39, 0.29) is 17.7 Å². The first-order valence-electron chi connectivity index (χ1n) is 8.59. The molecule has 0 fully saturated rings. The van der Waals surface area contributed by atoms with E-state index >= 15 is 0 Å². The molecule has 1 aliphatic heterocycles. The van der Waals surface area contributed by atoms with Gasteiger partial charge >= 0.3 is 6.03 Å². The third kappa shape index (κ3) is 4.01. The minimum Gasteiger partial charge on any atom is -0.459 e. The topological polar surface area (TPSA) is 87.5 Å². The lowest BCUT2D eigenvalue weighted by molar-refractivity contribution is 0.0996. The summed E-state index contributed by atoms with van der Waals surface area (Å²) in [5.74, 6) is -0.0892. The SMILES string of the molecule is O=C(Nc1nc2c(s1)CN(C(=O)NCc1ccccc1)CC2)c1ccco1. The lowest BCUT2D eigenvalue weighted by atomic mass is 10.2. The van der Waals surface area contributed by atoms with Crippen LogP contribution in [0.3, 0.4) is 0 Å². The summed E-state index contributed by atoms with van der Waals surface area (Å²) >= 11 is 1.39. The van der Waals surface area contributed by atoms with Crippen molar-refractivity contribution in [3.8, 4) is 0 Å². The number of nitrogens with one attached hydrogen (secondary N) is 2. The first-order valence-corrected chi connectivity index (χ1v) is 9.41. The number of aromatic nitrogens is 1. The van der Waals surface area contributed by atoms with Gasteiger partial charge in [0.15, 0.2) is 10.9 Å². The lowest BCUT2D eigenvalue weighted by Gasteiger charge is -2.26. The zero-order valence-corrected chi connectivity index (χ0v) is 15.3. The Labute approximate surface area is 160 Å². The Hall–Kier alpha value is -3.13. The van der Waals surface area contributed by atoms with E-state index < -0.39 is 0 Å². The molecule has 0 saturated carbocycles. The Kier molecular flexibility index (Phi) is 4.88. The van der Waals surface area contributed by atoms with E-state index in [4.69, 9.17) is 4.42 Å². The van der Waals surface area contributed by atoms with Crippen LogP contribution >= 0.6 is 11.3 Å². The van der Waals surface area contributed by atoms with E-state index in [9.17, 15) is 9.59 Å². The molecular formula is C19H18N4O3S. The molecule has 2 aromatic heterocycles.